The zero-order valence-electron chi connectivity index (χ0n) is 14.2. The molecule has 0 spiro atoms. The highest BCUT2D eigenvalue weighted by atomic mass is 16.5. The molecule has 0 aromatic heterocycles. The summed E-state index contributed by atoms with van der Waals surface area (Å²) in [4.78, 5) is 0. The van der Waals surface area contributed by atoms with Crippen molar-refractivity contribution in [3.05, 3.63) is 46.5 Å². The molecule has 0 bridgehead atoms. The molecule has 2 nitrogen and oxygen atoms in total. The lowest BCUT2D eigenvalue weighted by atomic mass is 9.80. The predicted octanol–water partition coefficient (Wildman–Crippen LogP) is 4.88. The first kappa shape index (κ1) is 14.4. The van der Waals surface area contributed by atoms with E-state index in [4.69, 9.17) is 9.47 Å². The maximum atomic E-state index is 6.12. The summed E-state index contributed by atoms with van der Waals surface area (Å²) in [5.74, 6) is 2.14. The Balaban J connectivity index is 1.82. The van der Waals surface area contributed by atoms with Gasteiger partial charge in [-0.25, -0.2) is 0 Å². The Bertz CT molecular complexity index is 724. The number of benzene rings is 2. The monoisotopic (exact) mass is 320 g/mol. The molecule has 0 unspecified atom stereocenters. The summed E-state index contributed by atoms with van der Waals surface area (Å²) in [5.41, 5.74) is 8.77. The molecular weight excluding hydrogens is 296 g/mol. The maximum Gasteiger partial charge on any atom is 0.127 e. The largest absolute Gasteiger partial charge is 0.489 e. The molecule has 1 heterocycles. The van der Waals surface area contributed by atoms with Crippen LogP contribution in [0.15, 0.2) is 24.3 Å². The Kier molecular flexibility index (Phi) is 3.50. The van der Waals surface area contributed by atoms with Crippen LogP contribution in [0.4, 0.5) is 0 Å². The van der Waals surface area contributed by atoms with Gasteiger partial charge < -0.3 is 9.47 Å². The minimum Gasteiger partial charge on any atom is -0.489 e. The molecule has 2 aromatic carbocycles. The molecule has 5 rings (SSSR count). The number of rotatable bonds is 0. The van der Waals surface area contributed by atoms with Crippen LogP contribution in [0.1, 0.15) is 47.9 Å². The molecule has 0 fully saturated rings. The van der Waals surface area contributed by atoms with Gasteiger partial charge in [0.1, 0.15) is 24.7 Å². The third-order valence-corrected chi connectivity index (χ3v) is 5.84. The Morgan fingerprint density at radius 2 is 1.00 bits per heavy atom. The summed E-state index contributed by atoms with van der Waals surface area (Å²) in [6.45, 7) is 1.25. The SMILES string of the molecule is c1cc2c(c3c1CCCC3)-c1c(ccc3c1CCCC3)OCCO2. The van der Waals surface area contributed by atoms with Crippen LogP contribution in [-0.4, -0.2) is 13.2 Å². The van der Waals surface area contributed by atoms with E-state index >= 15 is 0 Å². The van der Waals surface area contributed by atoms with E-state index in [1.807, 2.05) is 0 Å². The summed E-state index contributed by atoms with van der Waals surface area (Å²) in [7, 11) is 0. The van der Waals surface area contributed by atoms with E-state index in [9.17, 15) is 0 Å². The molecule has 2 aliphatic carbocycles. The lowest BCUT2D eigenvalue weighted by Gasteiger charge is -2.29. The summed E-state index contributed by atoms with van der Waals surface area (Å²) >= 11 is 0. The lowest BCUT2D eigenvalue weighted by molar-refractivity contribution is 0.214. The van der Waals surface area contributed by atoms with Crippen molar-refractivity contribution in [2.75, 3.05) is 13.2 Å². The maximum absolute atomic E-state index is 6.12. The van der Waals surface area contributed by atoms with Crippen LogP contribution in [0.25, 0.3) is 11.1 Å². The normalized spacial score (nSPS) is 18.7. The molecule has 0 saturated carbocycles. The molecule has 0 saturated heterocycles. The molecule has 0 amide bonds. The van der Waals surface area contributed by atoms with Crippen LogP contribution in [0.5, 0.6) is 11.5 Å². The smallest absolute Gasteiger partial charge is 0.127 e. The van der Waals surface area contributed by atoms with Crippen molar-refractivity contribution in [1.82, 2.24) is 0 Å². The first-order chi connectivity index (χ1) is 11.9. The minimum absolute atomic E-state index is 0.627. The van der Waals surface area contributed by atoms with Gasteiger partial charge in [0, 0.05) is 11.1 Å². The van der Waals surface area contributed by atoms with Crippen LogP contribution >= 0.6 is 0 Å². The van der Waals surface area contributed by atoms with Crippen LogP contribution < -0.4 is 9.47 Å². The first-order valence-electron chi connectivity index (χ1n) is 9.47. The number of fused-ring (bicyclic) bond motifs is 7. The first-order valence-corrected chi connectivity index (χ1v) is 9.47. The van der Waals surface area contributed by atoms with Crippen molar-refractivity contribution in [2.24, 2.45) is 0 Å². The summed E-state index contributed by atoms with van der Waals surface area (Å²) in [6.07, 6.45) is 9.94. The van der Waals surface area contributed by atoms with E-state index in [1.165, 1.54) is 84.7 Å². The second-order valence-corrected chi connectivity index (χ2v) is 7.26. The van der Waals surface area contributed by atoms with Crippen LogP contribution in [0, 0.1) is 0 Å². The Morgan fingerprint density at radius 1 is 0.542 bits per heavy atom. The quantitative estimate of drug-likeness (QED) is 0.688. The lowest BCUT2D eigenvalue weighted by Crippen LogP contribution is -2.17. The number of aryl methyl sites for hydroxylation is 2. The average molecular weight is 320 g/mol. The van der Waals surface area contributed by atoms with Gasteiger partial charge in [-0.15, -0.1) is 0 Å². The second kappa shape index (κ2) is 5.84. The topological polar surface area (TPSA) is 18.5 Å². The van der Waals surface area contributed by atoms with Crippen molar-refractivity contribution in [2.45, 2.75) is 51.4 Å². The van der Waals surface area contributed by atoms with Gasteiger partial charge in [0.2, 0.25) is 0 Å². The molecule has 124 valence electrons. The fourth-order valence-corrected chi connectivity index (χ4v) is 4.70. The molecule has 3 aliphatic rings. The van der Waals surface area contributed by atoms with Gasteiger partial charge in [-0.3, -0.25) is 0 Å². The van der Waals surface area contributed by atoms with Crippen LogP contribution in [-0.2, 0) is 25.7 Å². The second-order valence-electron chi connectivity index (χ2n) is 7.26. The highest BCUT2D eigenvalue weighted by molar-refractivity contribution is 5.83. The molecule has 0 radical (unpaired) electrons. The fraction of sp³-hybridized carbons (Fsp3) is 0.455. The summed E-state index contributed by atoms with van der Waals surface area (Å²) in [6, 6.07) is 9.00. The minimum atomic E-state index is 0.627. The van der Waals surface area contributed by atoms with E-state index < -0.39 is 0 Å². The van der Waals surface area contributed by atoms with Crippen LogP contribution in [0.3, 0.4) is 0 Å². The van der Waals surface area contributed by atoms with Crippen molar-refractivity contribution in [1.29, 1.82) is 0 Å². The van der Waals surface area contributed by atoms with E-state index in [0.29, 0.717) is 13.2 Å². The van der Waals surface area contributed by atoms with Gasteiger partial charge in [0.25, 0.3) is 0 Å². The summed E-state index contributed by atoms with van der Waals surface area (Å²) in [5, 5.41) is 0. The van der Waals surface area contributed by atoms with E-state index in [2.05, 4.69) is 24.3 Å². The molecule has 0 N–H and O–H groups in total. The predicted molar refractivity (Wildman–Crippen MR) is 96.2 cm³/mol. The molecule has 2 heteroatoms. The number of hydrogen-bond acceptors (Lipinski definition) is 2. The van der Waals surface area contributed by atoms with Gasteiger partial charge in [-0.05, 0) is 85.8 Å². The van der Waals surface area contributed by atoms with Crippen LogP contribution in [0.2, 0.25) is 0 Å². The Hall–Kier alpha value is -1.96. The Morgan fingerprint density at radius 3 is 1.50 bits per heavy atom. The summed E-state index contributed by atoms with van der Waals surface area (Å²) < 4.78 is 12.2. The standard InChI is InChI=1S/C22H24O2/c1-3-7-17-15(5-1)9-11-19-21(17)22-18-8-4-2-6-16(18)10-12-20(22)24-14-13-23-19/h9-12H,1-8,13-14H2. The fourth-order valence-electron chi connectivity index (χ4n) is 4.70. The Labute approximate surface area is 143 Å². The van der Waals surface area contributed by atoms with Gasteiger partial charge in [0.05, 0.1) is 0 Å². The molecule has 24 heavy (non-hydrogen) atoms. The zero-order chi connectivity index (χ0) is 15.9. The third kappa shape index (κ3) is 2.23. The van der Waals surface area contributed by atoms with Crippen molar-refractivity contribution in [3.63, 3.8) is 0 Å². The molecule has 1 aliphatic heterocycles. The van der Waals surface area contributed by atoms with Gasteiger partial charge in [0.15, 0.2) is 0 Å². The molecule has 0 atom stereocenters. The third-order valence-electron chi connectivity index (χ3n) is 5.84. The van der Waals surface area contributed by atoms with E-state index in [-0.39, 0.29) is 0 Å². The van der Waals surface area contributed by atoms with Crippen molar-refractivity contribution >= 4 is 0 Å². The molecular formula is C22H24O2. The van der Waals surface area contributed by atoms with Crippen molar-refractivity contribution < 1.29 is 9.47 Å². The molecule has 2 aromatic rings. The highest BCUT2D eigenvalue weighted by Crippen LogP contribution is 2.47. The van der Waals surface area contributed by atoms with Gasteiger partial charge in [-0.2, -0.15) is 0 Å². The number of ether oxygens (including phenoxy) is 2. The van der Waals surface area contributed by atoms with Gasteiger partial charge >= 0.3 is 0 Å². The van der Waals surface area contributed by atoms with E-state index in [1.54, 1.807) is 0 Å². The van der Waals surface area contributed by atoms with E-state index in [0.717, 1.165) is 11.5 Å². The van der Waals surface area contributed by atoms with Crippen molar-refractivity contribution in [3.8, 4) is 22.6 Å². The average Bonchev–Trinajstić information content (AvgIpc) is 2.62. The zero-order valence-corrected chi connectivity index (χ0v) is 14.2. The number of hydrogen-bond donors (Lipinski definition) is 0. The van der Waals surface area contributed by atoms with Gasteiger partial charge in [-0.1, -0.05) is 12.1 Å². The highest BCUT2D eigenvalue weighted by Gasteiger charge is 2.27.